The number of nitriles is 1. The Hall–Kier alpha value is -1.67. The molecule has 0 unspecified atom stereocenters. The lowest BCUT2D eigenvalue weighted by molar-refractivity contribution is 0.252. The minimum absolute atomic E-state index is 0.454. The van der Waals surface area contributed by atoms with Gasteiger partial charge in [0.15, 0.2) is 5.82 Å². The predicted octanol–water partition coefficient (Wildman–Crippen LogP) is 0.879. The number of nitrogens with zero attached hydrogens (tertiary/aromatic N) is 5. The van der Waals surface area contributed by atoms with Crippen LogP contribution in [0.1, 0.15) is 18.4 Å². The minimum Gasteiger partial charge on any atom is -0.354 e. The minimum atomic E-state index is 0.454. The Kier molecular flexibility index (Phi) is 3.55. The van der Waals surface area contributed by atoms with E-state index in [1.165, 1.54) is 0 Å². The van der Waals surface area contributed by atoms with Crippen LogP contribution in [0.2, 0.25) is 0 Å². The van der Waals surface area contributed by atoms with Gasteiger partial charge in [0.25, 0.3) is 0 Å². The Bertz CT molecular complexity index is 417. The standard InChI is InChI=1S/C12H17N5/c1-16-7-4-11(5-8-16)17(2)12-10(9-13)3-6-14-15-12/h3,6,11H,4-5,7-8H2,1-2H3. The first-order valence-corrected chi connectivity index (χ1v) is 5.85. The molecule has 0 radical (unpaired) electrons. The molecule has 1 saturated heterocycles. The van der Waals surface area contributed by atoms with Gasteiger partial charge >= 0.3 is 0 Å². The van der Waals surface area contributed by atoms with E-state index in [2.05, 4.69) is 33.1 Å². The van der Waals surface area contributed by atoms with Crippen LogP contribution in [-0.4, -0.2) is 48.3 Å². The third kappa shape index (κ3) is 2.53. The number of aromatic nitrogens is 2. The van der Waals surface area contributed by atoms with Crippen molar-refractivity contribution in [3.05, 3.63) is 17.8 Å². The van der Waals surface area contributed by atoms with Crippen LogP contribution in [0.15, 0.2) is 12.3 Å². The van der Waals surface area contributed by atoms with E-state index < -0.39 is 0 Å². The molecule has 90 valence electrons. The lowest BCUT2D eigenvalue weighted by atomic mass is 10.0. The third-order valence-corrected chi connectivity index (χ3v) is 3.39. The third-order valence-electron chi connectivity index (χ3n) is 3.39. The van der Waals surface area contributed by atoms with Crippen molar-refractivity contribution >= 4 is 5.82 Å². The predicted molar refractivity (Wildman–Crippen MR) is 65.7 cm³/mol. The molecule has 1 aliphatic rings. The largest absolute Gasteiger partial charge is 0.354 e. The summed E-state index contributed by atoms with van der Waals surface area (Å²) in [6.45, 7) is 2.19. The zero-order valence-corrected chi connectivity index (χ0v) is 10.3. The lowest BCUT2D eigenvalue weighted by Crippen LogP contribution is -2.42. The van der Waals surface area contributed by atoms with Crippen LogP contribution in [-0.2, 0) is 0 Å². The van der Waals surface area contributed by atoms with Crippen molar-refractivity contribution in [3.63, 3.8) is 0 Å². The number of rotatable bonds is 2. The van der Waals surface area contributed by atoms with E-state index in [0.717, 1.165) is 25.9 Å². The van der Waals surface area contributed by atoms with E-state index in [1.807, 2.05) is 7.05 Å². The fourth-order valence-electron chi connectivity index (χ4n) is 2.23. The maximum Gasteiger partial charge on any atom is 0.169 e. The van der Waals surface area contributed by atoms with Crippen molar-refractivity contribution in [2.75, 3.05) is 32.1 Å². The summed E-state index contributed by atoms with van der Waals surface area (Å²) in [6.07, 6.45) is 3.77. The van der Waals surface area contributed by atoms with Crippen molar-refractivity contribution in [3.8, 4) is 6.07 Å². The van der Waals surface area contributed by atoms with Crippen molar-refractivity contribution < 1.29 is 0 Å². The van der Waals surface area contributed by atoms with Gasteiger partial charge < -0.3 is 9.80 Å². The summed E-state index contributed by atoms with van der Waals surface area (Å²) >= 11 is 0. The highest BCUT2D eigenvalue weighted by Gasteiger charge is 2.23. The molecule has 0 spiro atoms. The highest BCUT2D eigenvalue weighted by molar-refractivity contribution is 5.52. The van der Waals surface area contributed by atoms with Gasteiger partial charge in [-0.25, -0.2) is 0 Å². The Morgan fingerprint density at radius 2 is 2.18 bits per heavy atom. The summed E-state index contributed by atoms with van der Waals surface area (Å²) in [7, 11) is 4.14. The molecule has 0 amide bonds. The molecule has 1 aromatic heterocycles. The number of anilines is 1. The Balaban J connectivity index is 2.14. The average Bonchev–Trinajstić information content (AvgIpc) is 2.39. The molecule has 0 saturated carbocycles. The maximum atomic E-state index is 9.06. The fourth-order valence-corrected chi connectivity index (χ4v) is 2.23. The molecule has 5 nitrogen and oxygen atoms in total. The Labute approximate surface area is 102 Å². The SMILES string of the molecule is CN1CCC(N(C)c2nnccc2C#N)CC1. The second-order valence-electron chi connectivity index (χ2n) is 4.53. The van der Waals surface area contributed by atoms with E-state index in [9.17, 15) is 0 Å². The van der Waals surface area contributed by atoms with E-state index in [4.69, 9.17) is 5.26 Å². The monoisotopic (exact) mass is 231 g/mol. The number of likely N-dealkylation sites (tertiary alicyclic amines) is 1. The summed E-state index contributed by atoms with van der Waals surface area (Å²) in [6, 6.07) is 4.34. The van der Waals surface area contributed by atoms with Crippen molar-refractivity contribution in [2.45, 2.75) is 18.9 Å². The molecule has 1 aliphatic heterocycles. The van der Waals surface area contributed by atoms with Gasteiger partial charge in [0.05, 0.1) is 11.8 Å². The molecule has 0 aromatic carbocycles. The topological polar surface area (TPSA) is 56.1 Å². The van der Waals surface area contributed by atoms with Crippen molar-refractivity contribution in [1.29, 1.82) is 5.26 Å². The number of piperidine rings is 1. The molecule has 0 N–H and O–H groups in total. The van der Waals surface area contributed by atoms with Gasteiger partial charge in [-0.2, -0.15) is 10.4 Å². The number of hydrogen-bond donors (Lipinski definition) is 0. The smallest absolute Gasteiger partial charge is 0.169 e. The second kappa shape index (κ2) is 5.11. The van der Waals surface area contributed by atoms with Crippen LogP contribution in [0.3, 0.4) is 0 Å². The van der Waals surface area contributed by atoms with Crippen LogP contribution in [0.4, 0.5) is 5.82 Å². The normalized spacial score (nSPS) is 17.7. The molecular formula is C12H17N5. The Morgan fingerprint density at radius 3 is 2.82 bits per heavy atom. The first-order valence-electron chi connectivity index (χ1n) is 5.85. The molecule has 1 fully saturated rings. The van der Waals surface area contributed by atoms with Gasteiger partial charge in [-0.05, 0) is 39.0 Å². The van der Waals surface area contributed by atoms with Crippen LogP contribution in [0.5, 0.6) is 0 Å². The van der Waals surface area contributed by atoms with Crippen molar-refractivity contribution in [2.24, 2.45) is 0 Å². The van der Waals surface area contributed by atoms with Gasteiger partial charge in [-0.1, -0.05) is 0 Å². The molecule has 2 heterocycles. The Morgan fingerprint density at radius 1 is 1.47 bits per heavy atom. The number of hydrogen-bond acceptors (Lipinski definition) is 5. The molecule has 1 aromatic rings. The molecule has 0 bridgehead atoms. The summed E-state index contributed by atoms with van der Waals surface area (Å²) in [5.74, 6) is 0.699. The molecule has 5 heteroatoms. The quantitative estimate of drug-likeness (QED) is 0.756. The van der Waals surface area contributed by atoms with Gasteiger partial charge in [0.2, 0.25) is 0 Å². The zero-order valence-electron chi connectivity index (χ0n) is 10.3. The first-order chi connectivity index (χ1) is 8.22. The second-order valence-corrected chi connectivity index (χ2v) is 4.53. The van der Waals surface area contributed by atoms with E-state index in [0.29, 0.717) is 17.4 Å². The molecule has 2 rings (SSSR count). The summed E-state index contributed by atoms with van der Waals surface area (Å²) in [5.41, 5.74) is 0.599. The summed E-state index contributed by atoms with van der Waals surface area (Å²) < 4.78 is 0. The molecule has 0 aliphatic carbocycles. The van der Waals surface area contributed by atoms with Gasteiger partial charge in [0, 0.05) is 13.1 Å². The van der Waals surface area contributed by atoms with Crippen LogP contribution in [0.25, 0.3) is 0 Å². The molecule has 0 atom stereocenters. The van der Waals surface area contributed by atoms with E-state index in [-0.39, 0.29) is 0 Å². The van der Waals surface area contributed by atoms with Crippen LogP contribution >= 0.6 is 0 Å². The highest BCUT2D eigenvalue weighted by Crippen LogP contribution is 2.21. The molecular weight excluding hydrogens is 214 g/mol. The van der Waals surface area contributed by atoms with Gasteiger partial charge in [-0.3, -0.25) is 0 Å². The van der Waals surface area contributed by atoms with E-state index in [1.54, 1.807) is 12.3 Å². The van der Waals surface area contributed by atoms with Crippen LogP contribution in [0, 0.1) is 11.3 Å². The fraction of sp³-hybridized carbons (Fsp3) is 0.583. The zero-order chi connectivity index (χ0) is 12.3. The highest BCUT2D eigenvalue weighted by atomic mass is 15.3. The van der Waals surface area contributed by atoms with Gasteiger partial charge in [-0.15, -0.1) is 5.10 Å². The average molecular weight is 231 g/mol. The summed E-state index contributed by atoms with van der Waals surface area (Å²) in [4.78, 5) is 4.42. The van der Waals surface area contributed by atoms with E-state index >= 15 is 0 Å². The first kappa shape index (κ1) is 11.8. The van der Waals surface area contributed by atoms with Gasteiger partial charge in [0.1, 0.15) is 6.07 Å². The maximum absolute atomic E-state index is 9.06. The molecule has 17 heavy (non-hydrogen) atoms. The lowest BCUT2D eigenvalue weighted by Gasteiger charge is -2.35. The summed E-state index contributed by atoms with van der Waals surface area (Å²) in [5, 5.41) is 17.0. The van der Waals surface area contributed by atoms with Crippen molar-refractivity contribution in [1.82, 2.24) is 15.1 Å². The van der Waals surface area contributed by atoms with Crippen LogP contribution < -0.4 is 4.90 Å².